The first kappa shape index (κ1) is 15.3. The van der Waals surface area contributed by atoms with E-state index in [9.17, 15) is 9.59 Å². The molecule has 1 unspecified atom stereocenters. The zero-order valence-corrected chi connectivity index (χ0v) is 13.1. The Hall–Kier alpha value is -2.64. The first-order valence-electron chi connectivity index (χ1n) is 7.47. The molecule has 0 radical (unpaired) electrons. The van der Waals surface area contributed by atoms with E-state index < -0.39 is 0 Å². The minimum absolute atomic E-state index is 0.0589. The van der Waals surface area contributed by atoms with E-state index >= 15 is 0 Å². The zero-order valence-electron chi connectivity index (χ0n) is 13.1. The van der Waals surface area contributed by atoms with Crippen LogP contribution in [0.5, 0.6) is 0 Å². The van der Waals surface area contributed by atoms with Crippen LogP contribution < -0.4 is 5.32 Å². The van der Waals surface area contributed by atoms with Gasteiger partial charge in [-0.1, -0.05) is 0 Å². The topological polar surface area (TPSA) is 93.3 Å². The normalized spacial score (nSPS) is 15.2. The van der Waals surface area contributed by atoms with E-state index in [0.29, 0.717) is 18.2 Å². The average Bonchev–Trinajstić information content (AvgIpc) is 3.05. The van der Waals surface area contributed by atoms with Gasteiger partial charge in [0, 0.05) is 20.6 Å². The number of nitrogens with one attached hydrogen (secondary N) is 1. The molecule has 8 heteroatoms. The lowest BCUT2D eigenvalue weighted by molar-refractivity contribution is 0.0692. The van der Waals surface area contributed by atoms with Gasteiger partial charge in [0.15, 0.2) is 12.1 Å². The molecule has 0 aromatic carbocycles. The third kappa shape index (κ3) is 3.25. The van der Waals surface area contributed by atoms with Crippen molar-refractivity contribution in [3.8, 4) is 0 Å². The maximum atomic E-state index is 12.4. The van der Waals surface area contributed by atoms with Crippen molar-refractivity contribution >= 4 is 11.8 Å². The Bertz CT molecular complexity index is 690. The van der Waals surface area contributed by atoms with Crippen molar-refractivity contribution < 1.29 is 14.0 Å². The molecule has 2 aromatic rings. The third-order valence-electron chi connectivity index (χ3n) is 4.16. The number of likely N-dealkylation sites (N-methyl/N-ethyl adjacent to an activating group) is 1. The summed E-state index contributed by atoms with van der Waals surface area (Å²) in [6.07, 6.45) is 7.78. The number of aromatic nitrogens is 3. The summed E-state index contributed by atoms with van der Waals surface area (Å²) in [5.74, 6) is 0.00561. The lowest BCUT2D eigenvalue weighted by atomic mass is 10.1. The number of oxazole rings is 1. The molecule has 1 aliphatic rings. The summed E-state index contributed by atoms with van der Waals surface area (Å²) in [5.41, 5.74) is 0.765. The number of carbonyl (C=O) groups excluding carboxylic acids is 2. The Morgan fingerprint density at radius 2 is 2.30 bits per heavy atom. The van der Waals surface area contributed by atoms with Crippen molar-refractivity contribution in [2.75, 3.05) is 13.6 Å². The molecule has 3 rings (SSSR count). The number of imidazole rings is 1. The molecular weight excluding hydrogens is 298 g/mol. The lowest BCUT2D eigenvalue weighted by Gasteiger charge is -2.28. The van der Waals surface area contributed by atoms with Crippen molar-refractivity contribution in [1.82, 2.24) is 24.8 Å². The number of amides is 2. The van der Waals surface area contributed by atoms with Crippen molar-refractivity contribution in [3.63, 3.8) is 0 Å². The summed E-state index contributed by atoms with van der Waals surface area (Å²) in [6.45, 7) is 0.398. The van der Waals surface area contributed by atoms with Gasteiger partial charge in [0.05, 0.1) is 18.6 Å². The van der Waals surface area contributed by atoms with Gasteiger partial charge in [-0.3, -0.25) is 9.59 Å². The van der Waals surface area contributed by atoms with Crippen LogP contribution in [0.2, 0.25) is 0 Å². The molecule has 8 nitrogen and oxygen atoms in total. The van der Waals surface area contributed by atoms with Crippen LogP contribution in [-0.4, -0.2) is 50.9 Å². The number of carbonyl (C=O) groups is 2. The minimum Gasteiger partial charge on any atom is -0.451 e. The molecule has 2 aromatic heterocycles. The van der Waals surface area contributed by atoms with Gasteiger partial charge in [0.2, 0.25) is 0 Å². The predicted molar refractivity (Wildman–Crippen MR) is 80.6 cm³/mol. The fraction of sp³-hybridized carbons (Fsp3) is 0.467. The van der Waals surface area contributed by atoms with E-state index in [-0.39, 0.29) is 23.6 Å². The average molecular weight is 317 g/mol. The predicted octanol–water partition coefficient (Wildman–Crippen LogP) is 0.689. The standard InChI is InChI=1S/C15H19N5O3/c1-19-8-16-5-13(19)14(21)17-6-12(10-3-4-10)20(2)15(22)11-7-23-9-18-11/h5,7-10,12H,3-4,6H2,1-2H3,(H,17,21). The van der Waals surface area contributed by atoms with E-state index in [1.165, 1.54) is 18.9 Å². The van der Waals surface area contributed by atoms with Gasteiger partial charge in [0.25, 0.3) is 11.8 Å². The van der Waals surface area contributed by atoms with Crippen molar-refractivity contribution in [3.05, 3.63) is 36.6 Å². The molecule has 0 saturated heterocycles. The number of hydrogen-bond donors (Lipinski definition) is 1. The Balaban J connectivity index is 1.64. The second-order valence-corrected chi connectivity index (χ2v) is 5.79. The van der Waals surface area contributed by atoms with Crippen LogP contribution >= 0.6 is 0 Å². The maximum absolute atomic E-state index is 12.4. The first-order valence-corrected chi connectivity index (χ1v) is 7.47. The molecule has 2 amide bonds. The molecule has 2 heterocycles. The zero-order chi connectivity index (χ0) is 16.4. The molecule has 1 aliphatic carbocycles. The van der Waals surface area contributed by atoms with Crippen LogP contribution in [0.4, 0.5) is 0 Å². The van der Waals surface area contributed by atoms with E-state index in [2.05, 4.69) is 15.3 Å². The van der Waals surface area contributed by atoms with E-state index in [0.717, 1.165) is 12.8 Å². The van der Waals surface area contributed by atoms with Crippen molar-refractivity contribution in [1.29, 1.82) is 0 Å². The Morgan fingerprint density at radius 1 is 1.52 bits per heavy atom. The van der Waals surface area contributed by atoms with Crippen LogP contribution in [0.1, 0.15) is 33.8 Å². The monoisotopic (exact) mass is 317 g/mol. The van der Waals surface area contributed by atoms with Gasteiger partial charge in [0.1, 0.15) is 12.0 Å². The fourth-order valence-corrected chi connectivity index (χ4v) is 2.61. The highest BCUT2D eigenvalue weighted by Crippen LogP contribution is 2.35. The van der Waals surface area contributed by atoms with Gasteiger partial charge in [-0.05, 0) is 18.8 Å². The minimum atomic E-state index is -0.203. The van der Waals surface area contributed by atoms with E-state index in [1.54, 1.807) is 29.9 Å². The third-order valence-corrected chi connectivity index (χ3v) is 4.16. The number of hydrogen-bond acceptors (Lipinski definition) is 5. The lowest BCUT2D eigenvalue weighted by Crippen LogP contribution is -2.46. The van der Waals surface area contributed by atoms with Crippen LogP contribution in [-0.2, 0) is 7.05 Å². The van der Waals surface area contributed by atoms with Gasteiger partial charge >= 0.3 is 0 Å². The van der Waals surface area contributed by atoms with Crippen LogP contribution in [0, 0.1) is 5.92 Å². The molecule has 1 atom stereocenters. The number of rotatable bonds is 6. The fourth-order valence-electron chi connectivity index (χ4n) is 2.61. The number of nitrogens with zero attached hydrogens (tertiary/aromatic N) is 4. The quantitative estimate of drug-likeness (QED) is 0.846. The smallest absolute Gasteiger partial charge is 0.275 e. The highest BCUT2D eigenvalue weighted by atomic mass is 16.3. The number of aryl methyl sites for hydroxylation is 1. The molecule has 0 spiro atoms. The molecule has 1 saturated carbocycles. The molecule has 1 fully saturated rings. The second kappa shape index (κ2) is 6.23. The summed E-state index contributed by atoms with van der Waals surface area (Å²) in [6, 6.07) is -0.0589. The van der Waals surface area contributed by atoms with Gasteiger partial charge in [-0.2, -0.15) is 0 Å². The van der Waals surface area contributed by atoms with E-state index in [1.807, 2.05) is 0 Å². The highest BCUT2D eigenvalue weighted by molar-refractivity contribution is 5.93. The molecule has 0 aliphatic heterocycles. The van der Waals surface area contributed by atoms with Crippen molar-refractivity contribution in [2.45, 2.75) is 18.9 Å². The van der Waals surface area contributed by atoms with Gasteiger partial charge in [-0.25, -0.2) is 9.97 Å². The summed E-state index contributed by atoms with van der Waals surface area (Å²) in [5, 5.41) is 2.89. The molecule has 1 N–H and O–H groups in total. The van der Waals surface area contributed by atoms with Crippen molar-refractivity contribution in [2.24, 2.45) is 13.0 Å². The summed E-state index contributed by atoms with van der Waals surface area (Å²) in [4.78, 5) is 34.0. The molecule has 0 bridgehead atoms. The summed E-state index contributed by atoms with van der Waals surface area (Å²) in [7, 11) is 3.50. The Labute approximate surface area is 133 Å². The van der Waals surface area contributed by atoms with E-state index in [4.69, 9.17) is 4.42 Å². The Morgan fingerprint density at radius 3 is 2.87 bits per heavy atom. The van der Waals surface area contributed by atoms with Crippen LogP contribution in [0.15, 0.2) is 29.6 Å². The highest BCUT2D eigenvalue weighted by Gasteiger charge is 2.36. The van der Waals surface area contributed by atoms with Gasteiger partial charge in [-0.15, -0.1) is 0 Å². The maximum Gasteiger partial charge on any atom is 0.275 e. The summed E-state index contributed by atoms with van der Waals surface area (Å²) < 4.78 is 6.52. The second-order valence-electron chi connectivity index (χ2n) is 5.79. The van der Waals surface area contributed by atoms with Crippen LogP contribution in [0.25, 0.3) is 0 Å². The molecule has 23 heavy (non-hydrogen) atoms. The Kier molecular flexibility index (Phi) is 4.14. The first-order chi connectivity index (χ1) is 11.1. The van der Waals surface area contributed by atoms with Gasteiger partial charge < -0.3 is 19.2 Å². The SMILES string of the molecule is CN(C(=O)c1cocn1)C(CNC(=O)c1cncn1C)C1CC1. The summed E-state index contributed by atoms with van der Waals surface area (Å²) >= 11 is 0. The largest absolute Gasteiger partial charge is 0.451 e. The van der Waals surface area contributed by atoms with Crippen LogP contribution in [0.3, 0.4) is 0 Å². The molecular formula is C15H19N5O3. The molecule has 122 valence electrons.